The molecule has 3 aromatic rings. The van der Waals surface area contributed by atoms with Gasteiger partial charge in [0.25, 0.3) is 0 Å². The summed E-state index contributed by atoms with van der Waals surface area (Å²) in [5.74, 6) is -1.81. The molecule has 5 nitrogen and oxygen atoms in total. The monoisotopic (exact) mass is 533 g/mol. The van der Waals surface area contributed by atoms with Crippen molar-refractivity contribution in [2.75, 3.05) is 13.2 Å². The molecule has 0 heterocycles. The Balaban J connectivity index is 1.59. The summed E-state index contributed by atoms with van der Waals surface area (Å²) in [4.78, 5) is 11.1. The minimum absolute atomic E-state index is 0.0752. The lowest BCUT2D eigenvalue weighted by Gasteiger charge is -2.28. The molecule has 1 unspecified atom stereocenters. The third kappa shape index (κ3) is 7.51. The third-order valence-electron chi connectivity index (χ3n) is 5.89. The normalized spacial score (nSPS) is 13.4. The molecule has 0 bridgehead atoms. The molecule has 3 rings (SSSR count). The second-order valence-electron chi connectivity index (χ2n) is 9.41. The van der Waals surface area contributed by atoms with E-state index in [1.165, 1.54) is 12.1 Å². The lowest BCUT2D eigenvalue weighted by atomic mass is 9.94. The molecule has 8 heteroatoms. The molecule has 0 saturated carbocycles. The van der Waals surface area contributed by atoms with Crippen LogP contribution in [0.2, 0.25) is 10.0 Å². The summed E-state index contributed by atoms with van der Waals surface area (Å²) in [6, 6.07) is 16.6. The quantitative estimate of drug-likeness (QED) is 0.260. The van der Waals surface area contributed by atoms with Crippen LogP contribution in [0.4, 0.5) is 4.39 Å². The predicted octanol–water partition coefficient (Wildman–Crippen LogP) is 6.55. The molecule has 0 aliphatic heterocycles. The molecule has 36 heavy (non-hydrogen) atoms. The van der Waals surface area contributed by atoms with E-state index in [0.29, 0.717) is 28.6 Å². The van der Waals surface area contributed by atoms with E-state index in [-0.39, 0.29) is 23.3 Å². The first-order valence-corrected chi connectivity index (χ1v) is 12.3. The number of ether oxygens (including phenoxy) is 1. The van der Waals surface area contributed by atoms with Crippen molar-refractivity contribution < 1.29 is 24.1 Å². The van der Waals surface area contributed by atoms with Crippen molar-refractivity contribution in [2.24, 2.45) is 0 Å². The number of aliphatic hydroxyl groups excluding tert-OH is 1. The van der Waals surface area contributed by atoms with E-state index in [9.17, 15) is 14.3 Å². The average molecular weight is 534 g/mol. The molecule has 0 amide bonds. The maximum absolute atomic E-state index is 14.7. The summed E-state index contributed by atoms with van der Waals surface area (Å²) < 4.78 is 20.6. The van der Waals surface area contributed by atoms with Gasteiger partial charge in [-0.2, -0.15) is 0 Å². The molecular formula is C28H30Cl2FNO4. The SMILES string of the molecule is CC(OC[C@@H](O)CNC(C)(C)Cc1ccc(Cl)c(Cl)c1)c1ccccc1-c1ccc(C(=O)O)cc1F. The van der Waals surface area contributed by atoms with Crippen LogP contribution in [0.5, 0.6) is 0 Å². The Kier molecular flexibility index (Phi) is 9.50. The number of benzene rings is 3. The number of rotatable bonds is 11. The summed E-state index contributed by atoms with van der Waals surface area (Å²) >= 11 is 12.1. The number of hydrogen-bond acceptors (Lipinski definition) is 4. The fourth-order valence-electron chi connectivity index (χ4n) is 3.98. The highest BCUT2D eigenvalue weighted by Gasteiger charge is 2.21. The van der Waals surface area contributed by atoms with Gasteiger partial charge >= 0.3 is 5.97 Å². The van der Waals surface area contributed by atoms with Crippen molar-refractivity contribution in [3.05, 3.63) is 93.2 Å². The molecule has 2 atom stereocenters. The second-order valence-corrected chi connectivity index (χ2v) is 10.2. The van der Waals surface area contributed by atoms with Gasteiger partial charge in [0.05, 0.1) is 34.4 Å². The van der Waals surface area contributed by atoms with Crippen LogP contribution in [0.1, 0.15) is 48.4 Å². The summed E-state index contributed by atoms with van der Waals surface area (Å²) in [6.07, 6.45) is -0.508. The van der Waals surface area contributed by atoms with Gasteiger partial charge in [-0.25, -0.2) is 9.18 Å². The Morgan fingerprint density at radius 1 is 1.06 bits per heavy atom. The van der Waals surface area contributed by atoms with Gasteiger partial charge < -0.3 is 20.3 Å². The standard InChI is InChI=1S/C28H30Cl2FNO4/c1-17(21-6-4-5-7-22(21)23-10-9-19(27(34)35)13-26(23)31)36-16-20(33)15-32-28(2,3)14-18-8-11-24(29)25(30)12-18/h4-13,17,20,32-33H,14-16H2,1-3H3,(H,34,35)/t17?,20-/m0/s1. The number of aliphatic hydroxyl groups is 1. The number of carboxylic acids is 1. The number of aromatic carboxylic acids is 1. The van der Waals surface area contributed by atoms with Crippen molar-refractivity contribution in [1.29, 1.82) is 0 Å². The first-order chi connectivity index (χ1) is 17.0. The van der Waals surface area contributed by atoms with E-state index in [1.807, 2.05) is 45.0 Å². The first kappa shape index (κ1) is 28.1. The number of carboxylic acid groups (broad SMARTS) is 1. The molecule has 0 aromatic heterocycles. The largest absolute Gasteiger partial charge is 0.478 e. The van der Waals surface area contributed by atoms with Crippen molar-refractivity contribution in [1.82, 2.24) is 5.32 Å². The van der Waals surface area contributed by atoms with Crippen LogP contribution in [-0.4, -0.2) is 41.0 Å². The Morgan fingerprint density at radius 2 is 1.78 bits per heavy atom. The van der Waals surface area contributed by atoms with E-state index in [0.717, 1.165) is 17.2 Å². The van der Waals surface area contributed by atoms with Crippen LogP contribution in [0.3, 0.4) is 0 Å². The highest BCUT2D eigenvalue weighted by molar-refractivity contribution is 6.42. The lowest BCUT2D eigenvalue weighted by molar-refractivity contribution is -0.00397. The van der Waals surface area contributed by atoms with Crippen molar-refractivity contribution in [3.63, 3.8) is 0 Å². The summed E-state index contributed by atoms with van der Waals surface area (Å²) in [6.45, 7) is 6.29. The van der Waals surface area contributed by atoms with Crippen molar-refractivity contribution >= 4 is 29.2 Å². The van der Waals surface area contributed by atoms with Crippen LogP contribution in [0.25, 0.3) is 11.1 Å². The minimum Gasteiger partial charge on any atom is -0.478 e. The molecule has 0 saturated heterocycles. The number of β-amino-alcohol motifs (C(OH)–C–C–N with tert-alkyl or cyclic N) is 1. The van der Waals surface area contributed by atoms with Crippen LogP contribution in [0.15, 0.2) is 60.7 Å². The third-order valence-corrected chi connectivity index (χ3v) is 6.63. The maximum Gasteiger partial charge on any atom is 0.335 e. The molecule has 192 valence electrons. The van der Waals surface area contributed by atoms with Gasteiger partial charge in [0.15, 0.2) is 0 Å². The van der Waals surface area contributed by atoms with Crippen molar-refractivity contribution in [2.45, 2.75) is 44.9 Å². The Bertz CT molecular complexity index is 1220. The minimum atomic E-state index is -1.19. The van der Waals surface area contributed by atoms with E-state index in [2.05, 4.69) is 5.32 Å². The lowest BCUT2D eigenvalue weighted by Crippen LogP contribution is -2.46. The van der Waals surface area contributed by atoms with Gasteiger partial charge in [-0.15, -0.1) is 0 Å². The molecule has 0 aliphatic rings. The molecule has 0 spiro atoms. The summed E-state index contributed by atoms with van der Waals surface area (Å²) in [7, 11) is 0. The Hall–Kier alpha value is -2.48. The Labute approximate surface area is 220 Å². The maximum atomic E-state index is 14.7. The number of nitrogens with one attached hydrogen (secondary N) is 1. The van der Waals surface area contributed by atoms with Crippen LogP contribution >= 0.6 is 23.2 Å². The average Bonchev–Trinajstić information content (AvgIpc) is 2.83. The fourth-order valence-corrected chi connectivity index (χ4v) is 4.30. The van der Waals surface area contributed by atoms with Gasteiger partial charge in [-0.3, -0.25) is 0 Å². The molecule has 3 N–H and O–H groups in total. The Morgan fingerprint density at radius 3 is 2.44 bits per heavy atom. The van der Waals surface area contributed by atoms with Crippen molar-refractivity contribution in [3.8, 4) is 11.1 Å². The number of carbonyl (C=O) groups is 1. The van der Waals surface area contributed by atoms with Gasteiger partial charge in [0.2, 0.25) is 0 Å². The first-order valence-electron chi connectivity index (χ1n) is 11.6. The highest BCUT2D eigenvalue weighted by Crippen LogP contribution is 2.32. The molecule has 0 fully saturated rings. The predicted molar refractivity (Wildman–Crippen MR) is 141 cm³/mol. The molecule has 3 aromatic carbocycles. The summed E-state index contributed by atoms with van der Waals surface area (Å²) in [5.41, 5.74) is 2.24. The highest BCUT2D eigenvalue weighted by atomic mass is 35.5. The van der Waals surface area contributed by atoms with Gasteiger partial charge in [0.1, 0.15) is 5.82 Å². The van der Waals surface area contributed by atoms with E-state index < -0.39 is 24.0 Å². The molecule has 0 radical (unpaired) electrons. The van der Waals surface area contributed by atoms with Crippen LogP contribution < -0.4 is 5.32 Å². The number of halogens is 3. The topological polar surface area (TPSA) is 78.8 Å². The van der Waals surface area contributed by atoms with Gasteiger partial charge in [-0.05, 0) is 68.1 Å². The zero-order valence-corrected chi connectivity index (χ0v) is 21.9. The number of hydrogen-bond donors (Lipinski definition) is 3. The van der Waals surface area contributed by atoms with Crippen LogP contribution in [-0.2, 0) is 11.2 Å². The molecular weight excluding hydrogens is 504 g/mol. The van der Waals surface area contributed by atoms with Crippen LogP contribution in [0, 0.1) is 5.82 Å². The van der Waals surface area contributed by atoms with Gasteiger partial charge in [-0.1, -0.05) is 59.6 Å². The van der Waals surface area contributed by atoms with E-state index in [4.69, 9.17) is 33.0 Å². The van der Waals surface area contributed by atoms with E-state index >= 15 is 0 Å². The zero-order valence-electron chi connectivity index (χ0n) is 20.4. The second kappa shape index (κ2) is 12.2. The summed E-state index contributed by atoms with van der Waals surface area (Å²) in [5, 5.41) is 24.0. The zero-order chi connectivity index (χ0) is 26.5. The smallest absolute Gasteiger partial charge is 0.335 e. The van der Waals surface area contributed by atoms with Gasteiger partial charge in [0, 0.05) is 17.6 Å². The fraction of sp³-hybridized carbons (Fsp3) is 0.321. The molecule has 0 aliphatic carbocycles. The van der Waals surface area contributed by atoms with E-state index in [1.54, 1.807) is 18.2 Å².